The van der Waals surface area contributed by atoms with E-state index in [1.54, 1.807) is 0 Å². The molecule has 0 spiro atoms. The number of aromatic nitrogens is 2. The third-order valence-corrected chi connectivity index (χ3v) is 9.31. The van der Waals surface area contributed by atoms with E-state index in [2.05, 4.69) is 129 Å². The molecule has 1 aliphatic rings. The molecule has 0 N–H and O–H groups in total. The van der Waals surface area contributed by atoms with Crippen LogP contribution in [0.15, 0.2) is 138 Å². The van der Waals surface area contributed by atoms with Crippen LogP contribution in [-0.4, -0.2) is 9.97 Å². The van der Waals surface area contributed by atoms with Crippen LogP contribution in [-0.2, 0) is 5.41 Å². The molecule has 0 saturated heterocycles. The molecule has 0 atom stereocenters. The molecule has 0 aliphatic heterocycles. The van der Waals surface area contributed by atoms with Crippen LogP contribution in [0.25, 0.3) is 77.7 Å². The smallest absolute Gasteiger partial charge is 0.164 e. The normalized spacial score (nSPS) is 13.4. The fourth-order valence-corrected chi connectivity index (χ4v) is 7.04. The molecule has 0 unspecified atom stereocenters. The third-order valence-electron chi connectivity index (χ3n) is 9.31. The number of hydrogen-bond acceptors (Lipinski definition) is 3. The molecule has 0 bridgehead atoms. The summed E-state index contributed by atoms with van der Waals surface area (Å²) in [4.78, 5) is 10.3. The number of furan rings is 1. The molecule has 0 fully saturated rings. The van der Waals surface area contributed by atoms with Crippen molar-refractivity contribution in [2.75, 3.05) is 0 Å². The first kappa shape index (κ1) is 25.0. The average Bonchev–Trinajstić information content (AvgIpc) is 3.55. The molecule has 2 heterocycles. The summed E-state index contributed by atoms with van der Waals surface area (Å²) in [6, 6.07) is 46.9. The number of benzene rings is 6. The summed E-state index contributed by atoms with van der Waals surface area (Å²) in [6.07, 6.45) is 0. The molecular formula is C41H28N2O. The van der Waals surface area contributed by atoms with Crippen molar-refractivity contribution in [3.8, 4) is 44.9 Å². The van der Waals surface area contributed by atoms with Crippen molar-refractivity contribution in [3.05, 3.63) is 145 Å². The Morgan fingerprint density at radius 1 is 0.500 bits per heavy atom. The first-order valence-electron chi connectivity index (χ1n) is 15.1. The zero-order chi connectivity index (χ0) is 29.4. The minimum absolute atomic E-state index is 0.0889. The highest BCUT2D eigenvalue weighted by Crippen LogP contribution is 2.51. The quantitative estimate of drug-likeness (QED) is 0.214. The molecule has 1 aliphatic carbocycles. The van der Waals surface area contributed by atoms with Gasteiger partial charge in [0.15, 0.2) is 5.82 Å². The Morgan fingerprint density at radius 2 is 1.18 bits per heavy atom. The Hall–Kier alpha value is -5.54. The SMILES string of the molecule is CC1(C)c2ccccc2-c2cc3c(cc21)oc1c(-c2nc(-c4ccc(-c5ccccc5)cc4)c4ccccc4n2)cccc13. The zero-order valence-corrected chi connectivity index (χ0v) is 24.5. The lowest BCUT2D eigenvalue weighted by atomic mass is 9.82. The maximum absolute atomic E-state index is 6.70. The van der Waals surface area contributed by atoms with Gasteiger partial charge in [0.05, 0.1) is 16.8 Å². The third kappa shape index (κ3) is 3.62. The number of hydrogen-bond donors (Lipinski definition) is 0. The monoisotopic (exact) mass is 564 g/mol. The Labute approximate surface area is 255 Å². The van der Waals surface area contributed by atoms with Crippen molar-refractivity contribution in [1.82, 2.24) is 9.97 Å². The second-order valence-electron chi connectivity index (χ2n) is 12.2. The largest absolute Gasteiger partial charge is 0.455 e. The van der Waals surface area contributed by atoms with E-state index < -0.39 is 0 Å². The molecule has 2 aromatic heterocycles. The lowest BCUT2D eigenvalue weighted by Crippen LogP contribution is -2.14. The number of para-hydroxylation sites is 2. The van der Waals surface area contributed by atoms with Crippen molar-refractivity contribution in [2.45, 2.75) is 19.3 Å². The van der Waals surface area contributed by atoms with Crippen LogP contribution in [0.1, 0.15) is 25.0 Å². The fourth-order valence-electron chi connectivity index (χ4n) is 7.04. The summed E-state index contributed by atoms with van der Waals surface area (Å²) >= 11 is 0. The van der Waals surface area contributed by atoms with Crippen LogP contribution in [0, 0.1) is 0 Å². The minimum atomic E-state index is -0.0889. The molecule has 0 amide bonds. The molecule has 0 saturated carbocycles. The fraction of sp³-hybridized carbons (Fsp3) is 0.0732. The first-order chi connectivity index (χ1) is 21.6. The molecule has 9 rings (SSSR count). The van der Waals surface area contributed by atoms with Crippen LogP contribution in [0.5, 0.6) is 0 Å². The van der Waals surface area contributed by atoms with Gasteiger partial charge >= 0.3 is 0 Å². The predicted octanol–water partition coefficient (Wildman–Crippen LogP) is 10.8. The summed E-state index contributed by atoms with van der Waals surface area (Å²) in [6.45, 7) is 4.60. The lowest BCUT2D eigenvalue weighted by molar-refractivity contribution is 0.647. The highest BCUT2D eigenvalue weighted by atomic mass is 16.3. The Balaban J connectivity index is 1.23. The summed E-state index contributed by atoms with van der Waals surface area (Å²) in [5.74, 6) is 0.661. The van der Waals surface area contributed by atoms with Gasteiger partial charge in [-0.1, -0.05) is 123 Å². The van der Waals surface area contributed by atoms with Crippen LogP contribution < -0.4 is 0 Å². The Kier molecular flexibility index (Phi) is 5.24. The van der Waals surface area contributed by atoms with Gasteiger partial charge in [0.2, 0.25) is 0 Å². The van der Waals surface area contributed by atoms with Crippen LogP contribution in [0.2, 0.25) is 0 Å². The van der Waals surface area contributed by atoms with Crippen LogP contribution >= 0.6 is 0 Å². The van der Waals surface area contributed by atoms with Gasteiger partial charge in [-0.15, -0.1) is 0 Å². The number of nitrogens with zero attached hydrogens (tertiary/aromatic N) is 2. The Bertz CT molecular complexity index is 2400. The van der Waals surface area contributed by atoms with E-state index in [9.17, 15) is 0 Å². The van der Waals surface area contributed by atoms with Gasteiger partial charge in [-0.25, -0.2) is 9.97 Å². The van der Waals surface area contributed by atoms with Gasteiger partial charge in [0.25, 0.3) is 0 Å². The van der Waals surface area contributed by atoms with E-state index >= 15 is 0 Å². The second-order valence-corrected chi connectivity index (χ2v) is 12.2. The average molecular weight is 565 g/mol. The minimum Gasteiger partial charge on any atom is -0.455 e. The summed E-state index contributed by atoms with van der Waals surface area (Å²) in [7, 11) is 0. The molecule has 0 radical (unpaired) electrons. The maximum Gasteiger partial charge on any atom is 0.164 e. The topological polar surface area (TPSA) is 38.9 Å². The van der Waals surface area contributed by atoms with Gasteiger partial charge in [-0.3, -0.25) is 0 Å². The molecular weight excluding hydrogens is 536 g/mol. The number of fused-ring (bicyclic) bond motifs is 7. The summed E-state index contributed by atoms with van der Waals surface area (Å²) in [5.41, 5.74) is 13.0. The Morgan fingerprint density at radius 3 is 2.05 bits per heavy atom. The lowest BCUT2D eigenvalue weighted by Gasteiger charge is -2.21. The summed E-state index contributed by atoms with van der Waals surface area (Å²) < 4.78 is 6.70. The molecule has 8 aromatic rings. The van der Waals surface area contributed by atoms with E-state index in [1.165, 1.54) is 33.4 Å². The predicted molar refractivity (Wildman–Crippen MR) is 181 cm³/mol. The molecule has 6 aromatic carbocycles. The van der Waals surface area contributed by atoms with E-state index in [1.807, 2.05) is 18.2 Å². The summed E-state index contributed by atoms with van der Waals surface area (Å²) in [5, 5.41) is 3.22. The van der Waals surface area contributed by atoms with Crippen LogP contribution in [0.4, 0.5) is 0 Å². The molecule has 3 nitrogen and oxygen atoms in total. The van der Waals surface area contributed by atoms with Crippen molar-refractivity contribution < 1.29 is 4.42 Å². The van der Waals surface area contributed by atoms with Gasteiger partial charge in [-0.2, -0.15) is 0 Å². The van der Waals surface area contributed by atoms with Crippen molar-refractivity contribution >= 4 is 32.8 Å². The maximum atomic E-state index is 6.70. The molecule has 44 heavy (non-hydrogen) atoms. The van der Waals surface area contributed by atoms with E-state index in [-0.39, 0.29) is 5.41 Å². The van der Waals surface area contributed by atoms with Gasteiger partial charge < -0.3 is 4.42 Å². The van der Waals surface area contributed by atoms with Gasteiger partial charge in [0, 0.05) is 27.1 Å². The van der Waals surface area contributed by atoms with E-state index in [0.29, 0.717) is 5.82 Å². The highest BCUT2D eigenvalue weighted by molar-refractivity contribution is 6.11. The number of rotatable bonds is 3. The highest BCUT2D eigenvalue weighted by Gasteiger charge is 2.36. The standard InChI is InChI=1S/C41H28N2O/c1-41(2)34-17-8-6-13-28(34)32-23-33-29-15-10-16-31(39(29)44-37(33)24-35(32)41)40-42-36-18-9-7-14-30(36)38(43-40)27-21-19-26(20-22-27)25-11-4-3-5-12-25/h3-24H,1-2H3. The zero-order valence-electron chi connectivity index (χ0n) is 24.5. The van der Waals surface area contributed by atoms with E-state index in [0.717, 1.165) is 49.7 Å². The van der Waals surface area contributed by atoms with Crippen molar-refractivity contribution in [3.63, 3.8) is 0 Å². The molecule has 208 valence electrons. The van der Waals surface area contributed by atoms with Crippen molar-refractivity contribution in [1.29, 1.82) is 0 Å². The second kappa shape index (κ2) is 9.23. The molecule has 3 heteroatoms. The van der Waals surface area contributed by atoms with Gasteiger partial charge in [-0.05, 0) is 57.6 Å². The first-order valence-corrected chi connectivity index (χ1v) is 15.1. The van der Waals surface area contributed by atoms with Crippen molar-refractivity contribution in [2.24, 2.45) is 0 Å². The van der Waals surface area contributed by atoms with Gasteiger partial charge in [0.1, 0.15) is 11.2 Å². The van der Waals surface area contributed by atoms with Crippen LogP contribution in [0.3, 0.4) is 0 Å². The van der Waals surface area contributed by atoms with E-state index in [4.69, 9.17) is 14.4 Å².